The van der Waals surface area contributed by atoms with Gasteiger partial charge in [0.25, 0.3) is 6.10 Å². The molecule has 0 bridgehead atoms. The maximum atomic E-state index is 13.9. The molecule has 11 heteroatoms. The normalized spacial score (nSPS) is 19.8. The number of phenols is 1. The number of aryl methyl sites for hydroxylation is 1. The molecule has 0 amide bonds. The Balaban J connectivity index is 1.96. The molecule has 4 atom stereocenters. The smallest absolute Gasteiger partial charge is 0.473 e. The van der Waals surface area contributed by atoms with Crippen LogP contribution in [0.1, 0.15) is 62.6 Å². The van der Waals surface area contributed by atoms with Crippen molar-refractivity contribution in [3.63, 3.8) is 0 Å². The summed E-state index contributed by atoms with van der Waals surface area (Å²) >= 11 is 0. The highest BCUT2D eigenvalue weighted by molar-refractivity contribution is 7.47. The Morgan fingerprint density at radius 3 is 2.48 bits per heavy atom. The summed E-state index contributed by atoms with van der Waals surface area (Å²) in [6.45, 7) is 9.10. The molecular weight excluding hydrogens is 548 g/mol. The molecule has 2 unspecified atom stereocenters. The van der Waals surface area contributed by atoms with Crippen LogP contribution in [0, 0.1) is 5.92 Å². The number of aromatic hydroxyl groups is 1. The fourth-order valence-electron chi connectivity index (χ4n) is 4.72. The van der Waals surface area contributed by atoms with Crippen molar-refractivity contribution in [2.45, 2.75) is 71.3 Å². The fraction of sp³-hybridized carbons (Fsp3) is 0.414. The molecule has 7 nitrogen and oxygen atoms in total. The van der Waals surface area contributed by atoms with Crippen LogP contribution < -0.4 is 4.74 Å². The molecule has 0 radical (unpaired) electrons. The molecule has 0 fully saturated rings. The molecule has 0 aliphatic heterocycles. The highest BCUT2D eigenvalue weighted by atomic mass is 31.2. The van der Waals surface area contributed by atoms with Crippen LogP contribution >= 0.6 is 7.82 Å². The third-order valence-electron chi connectivity index (χ3n) is 6.63. The summed E-state index contributed by atoms with van der Waals surface area (Å²) in [5.41, 5.74) is 2.89. The van der Waals surface area contributed by atoms with Crippen molar-refractivity contribution in [1.82, 2.24) is 0 Å². The van der Waals surface area contributed by atoms with E-state index in [4.69, 9.17) is 9.26 Å². The summed E-state index contributed by atoms with van der Waals surface area (Å²) in [5, 5.41) is 11.0. The van der Waals surface area contributed by atoms with Crippen LogP contribution in [-0.2, 0) is 31.4 Å². The van der Waals surface area contributed by atoms with Crippen molar-refractivity contribution in [3.8, 4) is 11.5 Å². The van der Waals surface area contributed by atoms with Gasteiger partial charge in [-0.15, -0.1) is 0 Å². The molecule has 1 aliphatic rings. The Bertz CT molecular complexity index is 1290. The number of phosphoric ester groups is 1. The molecule has 2 aromatic carbocycles. The fourth-order valence-corrected chi connectivity index (χ4v) is 5.56. The number of ether oxygens (including phenoxy) is 1. The Kier molecular flexibility index (Phi) is 10.4. The van der Waals surface area contributed by atoms with Crippen molar-refractivity contribution < 1.29 is 46.3 Å². The first kappa shape index (κ1) is 31.6. The van der Waals surface area contributed by atoms with E-state index in [1.807, 2.05) is 26.8 Å². The van der Waals surface area contributed by atoms with Crippen LogP contribution in [0.5, 0.6) is 11.5 Å². The van der Waals surface area contributed by atoms with E-state index in [2.05, 4.69) is 11.1 Å². The first-order valence-electron chi connectivity index (χ1n) is 12.9. The highest BCUT2D eigenvalue weighted by Gasteiger charge is 2.52. The molecule has 0 aromatic heterocycles. The predicted octanol–water partition coefficient (Wildman–Crippen LogP) is 7.53. The molecule has 2 N–H and O–H groups in total. The molecule has 0 saturated carbocycles. The zero-order chi connectivity index (χ0) is 29.7. The van der Waals surface area contributed by atoms with Gasteiger partial charge < -0.3 is 14.7 Å². The molecule has 1 aliphatic carbocycles. The van der Waals surface area contributed by atoms with E-state index in [1.165, 1.54) is 24.3 Å². The first-order valence-corrected chi connectivity index (χ1v) is 14.4. The van der Waals surface area contributed by atoms with E-state index >= 15 is 0 Å². The zero-order valence-corrected chi connectivity index (χ0v) is 23.5. The zero-order valence-electron chi connectivity index (χ0n) is 22.6. The number of allylic oxidation sites excluding steroid dienone is 3. The van der Waals surface area contributed by atoms with Gasteiger partial charge in [0.2, 0.25) is 0 Å². The van der Waals surface area contributed by atoms with Crippen molar-refractivity contribution in [3.05, 3.63) is 83.0 Å². The average molecular weight is 583 g/mol. The number of carbonyl (C=O) groups excluding carboxylic acids is 1. The minimum Gasteiger partial charge on any atom is -0.507 e. The Morgan fingerprint density at radius 2 is 1.88 bits per heavy atom. The number of esters is 1. The minimum atomic E-state index is -5.41. The van der Waals surface area contributed by atoms with Crippen molar-refractivity contribution in [1.29, 1.82) is 0 Å². The number of benzene rings is 2. The van der Waals surface area contributed by atoms with Crippen LogP contribution in [0.15, 0.2) is 66.3 Å². The summed E-state index contributed by atoms with van der Waals surface area (Å²) in [7, 11) is -5.36. The van der Waals surface area contributed by atoms with E-state index in [0.717, 1.165) is 17.6 Å². The van der Waals surface area contributed by atoms with E-state index < -0.39 is 38.6 Å². The van der Waals surface area contributed by atoms with Crippen molar-refractivity contribution in [2.75, 3.05) is 0 Å². The van der Waals surface area contributed by atoms with Crippen LogP contribution in [0.3, 0.4) is 0 Å². The molecule has 0 spiro atoms. The third-order valence-corrected chi connectivity index (χ3v) is 7.56. The largest absolute Gasteiger partial charge is 0.507 e. The van der Waals surface area contributed by atoms with Gasteiger partial charge in [0, 0.05) is 11.5 Å². The summed E-state index contributed by atoms with van der Waals surface area (Å²) in [6, 6.07) is 10.9. The number of hydrogen-bond acceptors (Lipinski definition) is 6. The predicted molar refractivity (Wildman–Crippen MR) is 144 cm³/mol. The number of carbonyl (C=O) groups is 1. The van der Waals surface area contributed by atoms with Gasteiger partial charge in [0.15, 0.2) is 0 Å². The molecule has 2 aromatic rings. The molecule has 0 heterocycles. The van der Waals surface area contributed by atoms with Gasteiger partial charge >= 0.3 is 20.0 Å². The third kappa shape index (κ3) is 8.30. The lowest BCUT2D eigenvalue weighted by Gasteiger charge is -2.32. The second-order valence-electron chi connectivity index (χ2n) is 9.98. The van der Waals surface area contributed by atoms with Crippen molar-refractivity contribution >= 4 is 13.8 Å². The molecule has 40 heavy (non-hydrogen) atoms. The minimum absolute atomic E-state index is 0.133. The molecule has 0 saturated heterocycles. The van der Waals surface area contributed by atoms with Gasteiger partial charge in [-0.2, -0.15) is 13.2 Å². The van der Waals surface area contributed by atoms with E-state index in [-0.39, 0.29) is 23.0 Å². The summed E-state index contributed by atoms with van der Waals surface area (Å²) in [4.78, 5) is 22.9. The number of hydrogen-bond donors (Lipinski definition) is 2. The van der Waals surface area contributed by atoms with Gasteiger partial charge in [-0.3, -0.25) is 9.05 Å². The lowest BCUT2D eigenvalue weighted by molar-refractivity contribution is -0.209. The molecular formula is C29H34F3O7P. The average Bonchev–Trinajstić information content (AvgIpc) is 2.86. The lowest BCUT2D eigenvalue weighted by Crippen LogP contribution is -2.41. The number of phenolic OH excluding ortho intramolecular Hbond substituents is 1. The Labute approximate surface area is 231 Å². The quantitative estimate of drug-likeness (QED) is 0.122. The number of halogens is 3. The van der Waals surface area contributed by atoms with Crippen molar-refractivity contribution in [2.24, 2.45) is 5.92 Å². The SMILES string of the molecule is C=C(C)[C@@H]1CCC(C)=C[C@H]1c1c(O)cc(CCC)cc1OC(=O)C(OP(=O)(O)OCc1ccccc1)C(F)(F)F. The summed E-state index contributed by atoms with van der Waals surface area (Å²) in [5.74, 6) is -3.18. The second kappa shape index (κ2) is 13.2. The van der Waals surface area contributed by atoms with Gasteiger partial charge in [0.1, 0.15) is 11.5 Å². The number of rotatable bonds is 11. The van der Waals surface area contributed by atoms with Gasteiger partial charge in [0.05, 0.1) is 6.61 Å². The highest BCUT2D eigenvalue weighted by Crippen LogP contribution is 2.50. The van der Waals surface area contributed by atoms with E-state index in [1.54, 1.807) is 18.2 Å². The van der Waals surface area contributed by atoms with E-state index in [9.17, 15) is 32.5 Å². The second-order valence-corrected chi connectivity index (χ2v) is 11.4. The molecule has 218 valence electrons. The summed E-state index contributed by atoms with van der Waals surface area (Å²) < 4.78 is 68.5. The van der Waals surface area contributed by atoms with Crippen LogP contribution in [0.25, 0.3) is 0 Å². The molecule has 3 rings (SSSR count). The topological polar surface area (TPSA) is 102 Å². The van der Waals surface area contributed by atoms with Gasteiger partial charge in [-0.25, -0.2) is 9.36 Å². The van der Waals surface area contributed by atoms with Crippen LogP contribution in [-0.4, -0.2) is 28.2 Å². The monoisotopic (exact) mass is 582 g/mol. The maximum absolute atomic E-state index is 13.9. The standard InChI is InChI=1S/C29H34F3O7P/c1-5-9-21-15-24(33)26(23-14-19(4)12-13-22(23)18(2)3)25(16-21)38-28(34)27(29(30,31)32)39-40(35,36)37-17-20-10-7-6-8-11-20/h6-8,10-11,14-16,22-23,27,33H,2,5,9,12-13,17H2,1,3-4H3,(H,35,36)/t22-,23+,27?/m0/s1. The Hall–Kier alpha value is -2.91. The Morgan fingerprint density at radius 1 is 1.20 bits per heavy atom. The van der Waals surface area contributed by atoms with Gasteiger partial charge in [-0.05, 0) is 62.3 Å². The first-order chi connectivity index (χ1) is 18.7. The van der Waals surface area contributed by atoms with Crippen LogP contribution in [0.2, 0.25) is 0 Å². The lowest BCUT2D eigenvalue weighted by atomic mass is 9.73. The van der Waals surface area contributed by atoms with Crippen LogP contribution in [0.4, 0.5) is 13.2 Å². The van der Waals surface area contributed by atoms with E-state index in [0.29, 0.717) is 30.4 Å². The summed E-state index contributed by atoms with van der Waals surface area (Å²) in [6.07, 6.45) is -4.38. The number of alkyl halides is 3. The maximum Gasteiger partial charge on any atom is 0.473 e. The number of phosphoric acid groups is 1. The van der Waals surface area contributed by atoms with Gasteiger partial charge in [-0.1, -0.05) is 67.5 Å².